The van der Waals surface area contributed by atoms with Gasteiger partial charge in [-0.3, -0.25) is 28.7 Å². The molecule has 1 aliphatic rings. The summed E-state index contributed by atoms with van der Waals surface area (Å²) in [4.78, 5) is 67.7. The molecule has 0 saturated heterocycles. The largest absolute Gasteiger partial charge is 0.493 e. The highest BCUT2D eigenvalue weighted by atomic mass is 16.5. The quantitative estimate of drug-likeness (QED) is 0.242. The van der Waals surface area contributed by atoms with Crippen molar-refractivity contribution in [1.29, 1.82) is 0 Å². The molecule has 0 radical (unpaired) electrons. The molecule has 0 saturated carbocycles. The highest BCUT2D eigenvalue weighted by Gasteiger charge is 2.31. The fraction of sp³-hybridized carbons (Fsp3) is 0.459. The van der Waals surface area contributed by atoms with Gasteiger partial charge in [0.05, 0.1) is 30.8 Å². The Bertz CT molecular complexity index is 1650. The number of carbonyl (C=O) groups excluding carboxylic acids is 5. The van der Waals surface area contributed by atoms with Crippen molar-refractivity contribution in [3.05, 3.63) is 82.7 Å². The van der Waals surface area contributed by atoms with E-state index in [1.54, 1.807) is 28.9 Å². The summed E-state index contributed by atoms with van der Waals surface area (Å²) in [6.45, 7) is 10.7. The highest BCUT2D eigenvalue weighted by Crippen LogP contribution is 2.19. The number of rotatable bonds is 8. The van der Waals surface area contributed by atoms with Gasteiger partial charge in [-0.25, -0.2) is 0 Å². The minimum Gasteiger partial charge on any atom is -0.493 e. The van der Waals surface area contributed by atoms with Gasteiger partial charge in [-0.1, -0.05) is 56.3 Å². The first-order chi connectivity index (χ1) is 23.9. The normalized spacial score (nSPS) is 19.5. The second kappa shape index (κ2) is 18.0. The van der Waals surface area contributed by atoms with Gasteiger partial charge in [0.15, 0.2) is 0 Å². The first kappa shape index (κ1) is 37.6. The molecule has 3 atom stereocenters. The molecule has 1 aromatic heterocycles. The number of hydrogen-bond donors (Lipinski definition) is 5. The summed E-state index contributed by atoms with van der Waals surface area (Å²) in [5.41, 5.74) is 3.99. The molecule has 2 heterocycles. The number of aryl methyl sites for hydroxylation is 1. The molecule has 5 amide bonds. The summed E-state index contributed by atoms with van der Waals surface area (Å²) in [7, 11) is 0. The van der Waals surface area contributed by atoms with E-state index in [-0.39, 0.29) is 49.9 Å². The monoisotopic (exact) mass is 687 g/mol. The molecule has 50 heavy (non-hydrogen) atoms. The van der Waals surface area contributed by atoms with Gasteiger partial charge in [-0.2, -0.15) is 5.10 Å². The minimum absolute atomic E-state index is 0.0126. The lowest BCUT2D eigenvalue weighted by atomic mass is 10.0. The molecule has 4 rings (SSSR count). The molecular formula is C37H49N7O6. The van der Waals surface area contributed by atoms with Gasteiger partial charge < -0.3 is 31.3 Å². The topological polar surface area (TPSA) is 173 Å². The Morgan fingerprint density at radius 3 is 2.36 bits per heavy atom. The van der Waals surface area contributed by atoms with Crippen LogP contribution in [0.5, 0.6) is 5.75 Å². The number of aromatic nitrogens is 2. The van der Waals surface area contributed by atoms with E-state index in [1.165, 1.54) is 0 Å². The summed E-state index contributed by atoms with van der Waals surface area (Å²) < 4.78 is 7.71. The van der Waals surface area contributed by atoms with Crippen LogP contribution in [0, 0.1) is 26.7 Å². The lowest BCUT2D eigenvalue weighted by Crippen LogP contribution is -2.56. The highest BCUT2D eigenvalue weighted by molar-refractivity contribution is 6.01. The number of benzene rings is 2. The van der Waals surface area contributed by atoms with E-state index in [0.29, 0.717) is 18.7 Å². The summed E-state index contributed by atoms with van der Waals surface area (Å²) in [5, 5.41) is 18.5. The molecule has 0 fully saturated rings. The first-order valence-corrected chi connectivity index (χ1v) is 17.1. The number of nitrogens with one attached hydrogen (secondary N) is 5. The van der Waals surface area contributed by atoms with Crippen LogP contribution < -0.4 is 31.3 Å². The van der Waals surface area contributed by atoms with Crippen LogP contribution in [-0.4, -0.2) is 77.1 Å². The van der Waals surface area contributed by atoms with E-state index in [1.807, 2.05) is 65.0 Å². The molecule has 0 bridgehead atoms. The number of hydrogen-bond acceptors (Lipinski definition) is 7. The van der Waals surface area contributed by atoms with Crippen LogP contribution in [0.15, 0.2) is 54.6 Å². The van der Waals surface area contributed by atoms with Gasteiger partial charge >= 0.3 is 0 Å². The maximum Gasteiger partial charge on any atom is 0.255 e. The van der Waals surface area contributed by atoms with Crippen molar-refractivity contribution in [3.63, 3.8) is 0 Å². The summed E-state index contributed by atoms with van der Waals surface area (Å²) in [6, 6.07) is 12.8. The summed E-state index contributed by atoms with van der Waals surface area (Å²) >= 11 is 0. The Hall–Kier alpha value is -5.20. The molecule has 1 aliphatic heterocycles. The van der Waals surface area contributed by atoms with Gasteiger partial charge in [0.2, 0.25) is 23.6 Å². The van der Waals surface area contributed by atoms with Gasteiger partial charge in [-0.05, 0) is 62.8 Å². The van der Waals surface area contributed by atoms with Crippen LogP contribution in [0.4, 0.5) is 0 Å². The molecule has 3 aromatic rings. The van der Waals surface area contributed by atoms with Gasteiger partial charge in [0.25, 0.3) is 5.91 Å². The molecule has 0 unspecified atom stereocenters. The number of para-hydroxylation sites is 1. The zero-order valence-corrected chi connectivity index (χ0v) is 29.5. The van der Waals surface area contributed by atoms with Crippen LogP contribution in [-0.2, 0) is 32.1 Å². The Balaban J connectivity index is 1.59. The Labute approximate surface area is 293 Å². The molecule has 0 aliphatic carbocycles. The Morgan fingerprint density at radius 2 is 1.66 bits per heavy atom. The van der Waals surface area contributed by atoms with Crippen LogP contribution in [0.1, 0.15) is 66.0 Å². The van der Waals surface area contributed by atoms with E-state index < -0.39 is 48.2 Å². The number of amides is 5. The van der Waals surface area contributed by atoms with Crippen LogP contribution in [0.3, 0.4) is 0 Å². The standard InChI is InChI=1S/C37H49N7O6/c1-23(2)20-29-37(49)42-30(21-27-12-7-6-8-13-27)35(47)38-16-11-19-50-32-15-10-9-14-28(32)34(46)41-31(22-33(45)40-29)36(48)39-17-18-44-26(5)24(3)25(4)43-44/h6-10,12-15,23,29-31H,11,16-22H2,1-5H3,(H,38,47)(H,39,48)(H,40,45)(H,41,46)(H,42,49)/t29-,30+,31+/m1/s1. The van der Waals surface area contributed by atoms with Crippen LogP contribution in [0.25, 0.3) is 0 Å². The van der Waals surface area contributed by atoms with Crippen molar-refractivity contribution in [3.8, 4) is 5.75 Å². The molecule has 268 valence electrons. The number of fused-ring (bicyclic) bond motifs is 1. The third-order valence-corrected chi connectivity index (χ3v) is 8.66. The number of carbonyl (C=O) groups is 5. The second-order valence-electron chi connectivity index (χ2n) is 13.0. The minimum atomic E-state index is -1.27. The van der Waals surface area contributed by atoms with E-state index in [0.717, 1.165) is 22.5 Å². The summed E-state index contributed by atoms with van der Waals surface area (Å²) in [5.74, 6) is -2.36. The number of ether oxygens (including phenoxy) is 1. The SMILES string of the molecule is Cc1nn(CCNC(=O)[C@@H]2CC(=O)N[C@H](CC(C)C)C(=O)N[C@@H](Cc3ccccc3)C(=O)NCCCOc3ccccc3C(=O)N2)c(C)c1C. The smallest absolute Gasteiger partial charge is 0.255 e. The molecule has 0 spiro atoms. The predicted molar refractivity (Wildman–Crippen MR) is 188 cm³/mol. The molecule has 5 N–H and O–H groups in total. The molecule has 2 aromatic carbocycles. The van der Waals surface area contributed by atoms with Crippen LogP contribution >= 0.6 is 0 Å². The fourth-order valence-electron chi connectivity index (χ4n) is 5.70. The maximum absolute atomic E-state index is 13.7. The zero-order valence-electron chi connectivity index (χ0n) is 29.5. The lowest BCUT2D eigenvalue weighted by Gasteiger charge is -2.25. The summed E-state index contributed by atoms with van der Waals surface area (Å²) in [6.07, 6.45) is 0.526. The van der Waals surface area contributed by atoms with Crippen LogP contribution in [0.2, 0.25) is 0 Å². The average Bonchev–Trinajstić information content (AvgIpc) is 3.33. The molecule has 13 heteroatoms. The van der Waals surface area contributed by atoms with Crippen molar-refractivity contribution in [2.75, 3.05) is 19.7 Å². The molecular weight excluding hydrogens is 638 g/mol. The van der Waals surface area contributed by atoms with Crippen molar-refractivity contribution in [2.45, 2.75) is 85.0 Å². The predicted octanol–water partition coefficient (Wildman–Crippen LogP) is 2.27. The zero-order chi connectivity index (χ0) is 36.2. The third-order valence-electron chi connectivity index (χ3n) is 8.66. The Morgan fingerprint density at radius 1 is 0.940 bits per heavy atom. The average molecular weight is 688 g/mol. The van der Waals surface area contributed by atoms with E-state index in [4.69, 9.17) is 4.74 Å². The van der Waals surface area contributed by atoms with E-state index >= 15 is 0 Å². The van der Waals surface area contributed by atoms with E-state index in [2.05, 4.69) is 31.7 Å². The second-order valence-corrected chi connectivity index (χ2v) is 13.0. The van der Waals surface area contributed by atoms with Crippen molar-refractivity contribution in [2.24, 2.45) is 5.92 Å². The van der Waals surface area contributed by atoms with Gasteiger partial charge in [-0.15, -0.1) is 0 Å². The lowest BCUT2D eigenvalue weighted by molar-refractivity contribution is -0.133. The van der Waals surface area contributed by atoms with Crippen molar-refractivity contribution < 1.29 is 28.7 Å². The maximum atomic E-state index is 13.7. The Kier molecular flexibility index (Phi) is 13.5. The molecule has 13 nitrogen and oxygen atoms in total. The van der Waals surface area contributed by atoms with Gasteiger partial charge in [0, 0.05) is 25.2 Å². The first-order valence-electron chi connectivity index (χ1n) is 17.1. The van der Waals surface area contributed by atoms with Gasteiger partial charge in [0.1, 0.15) is 23.9 Å². The third kappa shape index (κ3) is 10.6. The number of nitrogens with zero attached hydrogens (tertiary/aromatic N) is 2. The fourth-order valence-corrected chi connectivity index (χ4v) is 5.70. The van der Waals surface area contributed by atoms with E-state index in [9.17, 15) is 24.0 Å². The van der Waals surface area contributed by atoms with Crippen molar-refractivity contribution >= 4 is 29.5 Å². The van der Waals surface area contributed by atoms with Crippen molar-refractivity contribution in [1.82, 2.24) is 36.4 Å².